The van der Waals surface area contributed by atoms with Crippen molar-refractivity contribution >= 4 is 34.0 Å². The highest BCUT2D eigenvalue weighted by atomic mass is 16.5. The predicted octanol–water partition coefficient (Wildman–Crippen LogP) is 4.46. The zero-order valence-corrected chi connectivity index (χ0v) is 24.8. The van der Waals surface area contributed by atoms with Gasteiger partial charge in [-0.2, -0.15) is 0 Å². The summed E-state index contributed by atoms with van der Waals surface area (Å²) in [4.78, 5) is 49.7. The summed E-state index contributed by atoms with van der Waals surface area (Å²) in [7, 11) is 3.33. The SMILES string of the molecule is CCN1C(=O)C(C)(C)C(=O)N(C)c2cc(CN(CCn3ccc4ccccc4c3=O)Cc3cccnc3OC)ccc21. The number of aromatic nitrogens is 2. The number of ether oxygens (including phenoxy) is 1. The number of carbonyl (C=O) groups excluding carboxylic acids is 2. The first-order valence-electron chi connectivity index (χ1n) is 14.2. The maximum atomic E-state index is 13.3. The number of carbonyl (C=O) groups is 2. The lowest BCUT2D eigenvalue weighted by atomic mass is 9.90. The molecule has 42 heavy (non-hydrogen) atoms. The predicted molar refractivity (Wildman–Crippen MR) is 165 cm³/mol. The molecule has 0 fully saturated rings. The van der Waals surface area contributed by atoms with Crippen LogP contribution < -0.4 is 20.1 Å². The van der Waals surface area contributed by atoms with Gasteiger partial charge < -0.3 is 19.1 Å². The molecule has 0 unspecified atom stereocenters. The highest BCUT2D eigenvalue weighted by Crippen LogP contribution is 2.39. The Labute approximate surface area is 245 Å². The van der Waals surface area contributed by atoms with E-state index in [1.807, 2.05) is 73.8 Å². The molecule has 2 amide bonds. The van der Waals surface area contributed by atoms with Crippen LogP contribution in [0.2, 0.25) is 0 Å². The third-order valence-electron chi connectivity index (χ3n) is 8.01. The van der Waals surface area contributed by atoms with Gasteiger partial charge in [-0.1, -0.05) is 30.3 Å². The Bertz CT molecular complexity index is 1700. The number of anilines is 2. The number of methoxy groups -OCH3 is 1. The Morgan fingerprint density at radius 1 is 0.929 bits per heavy atom. The molecule has 9 heteroatoms. The van der Waals surface area contributed by atoms with E-state index in [4.69, 9.17) is 4.74 Å². The van der Waals surface area contributed by atoms with Gasteiger partial charge in [0, 0.05) is 63.1 Å². The van der Waals surface area contributed by atoms with Crippen LogP contribution in [0.15, 0.2) is 77.9 Å². The maximum absolute atomic E-state index is 13.3. The van der Waals surface area contributed by atoms with Crippen molar-refractivity contribution in [1.29, 1.82) is 0 Å². The van der Waals surface area contributed by atoms with Gasteiger partial charge in [-0.3, -0.25) is 19.3 Å². The number of fused-ring (bicyclic) bond motifs is 2. The molecule has 0 spiro atoms. The topological polar surface area (TPSA) is 88.0 Å². The fraction of sp³-hybridized carbons (Fsp3) is 0.333. The first-order chi connectivity index (χ1) is 20.1. The van der Waals surface area contributed by atoms with Crippen molar-refractivity contribution in [3.63, 3.8) is 0 Å². The summed E-state index contributed by atoms with van der Waals surface area (Å²) in [6.07, 6.45) is 3.54. The Hall–Kier alpha value is -4.50. The van der Waals surface area contributed by atoms with Crippen LogP contribution in [-0.4, -0.2) is 53.5 Å². The molecule has 9 nitrogen and oxygen atoms in total. The van der Waals surface area contributed by atoms with Gasteiger partial charge in [0.15, 0.2) is 0 Å². The van der Waals surface area contributed by atoms with Crippen molar-refractivity contribution < 1.29 is 14.3 Å². The summed E-state index contributed by atoms with van der Waals surface area (Å²) in [5.74, 6) is 0.103. The largest absolute Gasteiger partial charge is 0.481 e. The minimum atomic E-state index is -1.17. The third kappa shape index (κ3) is 5.39. The van der Waals surface area contributed by atoms with Gasteiger partial charge in [0.1, 0.15) is 5.41 Å². The molecule has 0 saturated heterocycles. The van der Waals surface area contributed by atoms with Crippen LogP contribution >= 0.6 is 0 Å². The minimum Gasteiger partial charge on any atom is -0.481 e. The van der Waals surface area contributed by atoms with E-state index in [1.165, 1.54) is 0 Å². The number of hydrogen-bond acceptors (Lipinski definition) is 6. The summed E-state index contributed by atoms with van der Waals surface area (Å²) in [5.41, 5.74) is 2.13. The number of benzene rings is 2. The molecule has 0 radical (unpaired) electrons. The second-order valence-electron chi connectivity index (χ2n) is 11.1. The Balaban J connectivity index is 1.47. The molecule has 0 aliphatic carbocycles. The van der Waals surface area contributed by atoms with Crippen LogP contribution in [-0.2, 0) is 29.2 Å². The smallest absolute Gasteiger partial charge is 0.258 e. The van der Waals surface area contributed by atoms with Crippen LogP contribution in [0.3, 0.4) is 0 Å². The van der Waals surface area contributed by atoms with Crippen molar-refractivity contribution in [2.24, 2.45) is 5.41 Å². The molecule has 2 aromatic heterocycles. The van der Waals surface area contributed by atoms with Gasteiger partial charge in [-0.25, -0.2) is 4.98 Å². The molecule has 1 aliphatic heterocycles. The molecule has 0 saturated carbocycles. The molecule has 0 N–H and O–H groups in total. The van der Waals surface area contributed by atoms with Gasteiger partial charge in [-0.15, -0.1) is 0 Å². The molecule has 0 atom stereocenters. The fourth-order valence-corrected chi connectivity index (χ4v) is 5.64. The Morgan fingerprint density at radius 3 is 2.48 bits per heavy atom. The first-order valence-corrected chi connectivity index (χ1v) is 14.2. The van der Waals surface area contributed by atoms with Crippen LogP contribution in [0.1, 0.15) is 31.9 Å². The number of pyridine rings is 2. The number of amides is 2. The van der Waals surface area contributed by atoms with Crippen molar-refractivity contribution in [3.05, 3.63) is 94.5 Å². The highest BCUT2D eigenvalue weighted by Gasteiger charge is 2.45. The molecule has 4 aromatic rings. The van der Waals surface area contributed by atoms with Crippen LogP contribution in [0.5, 0.6) is 5.88 Å². The number of nitrogens with zero attached hydrogens (tertiary/aromatic N) is 5. The molecule has 3 heterocycles. The number of hydrogen-bond donors (Lipinski definition) is 0. The summed E-state index contributed by atoms with van der Waals surface area (Å²) in [5, 5.41) is 1.61. The van der Waals surface area contributed by atoms with Gasteiger partial charge in [0.2, 0.25) is 17.7 Å². The first kappa shape index (κ1) is 29.0. The summed E-state index contributed by atoms with van der Waals surface area (Å²) < 4.78 is 7.26. The summed E-state index contributed by atoms with van der Waals surface area (Å²) >= 11 is 0. The van der Waals surface area contributed by atoms with E-state index in [-0.39, 0.29) is 17.4 Å². The van der Waals surface area contributed by atoms with E-state index in [0.29, 0.717) is 49.7 Å². The highest BCUT2D eigenvalue weighted by molar-refractivity contribution is 6.19. The molecule has 0 bridgehead atoms. The average Bonchev–Trinajstić information content (AvgIpc) is 3.05. The van der Waals surface area contributed by atoms with Gasteiger partial charge in [0.25, 0.3) is 5.56 Å². The van der Waals surface area contributed by atoms with E-state index < -0.39 is 5.41 Å². The maximum Gasteiger partial charge on any atom is 0.258 e. The quantitative estimate of drug-likeness (QED) is 0.278. The van der Waals surface area contributed by atoms with E-state index in [0.717, 1.165) is 22.2 Å². The monoisotopic (exact) mass is 567 g/mol. The minimum absolute atomic E-state index is 0.0240. The molecule has 5 rings (SSSR count). The second kappa shape index (κ2) is 11.8. The standard InChI is InChI=1S/C33H37N5O4/c1-6-38-27-14-13-23(20-28(27)35(4)31(40)33(2,3)32(38)41)21-36(22-25-11-9-16-34-29(25)42-5)18-19-37-17-15-24-10-7-8-12-26(24)30(37)39/h7-17,20H,6,18-19,21-22H2,1-5H3. The van der Waals surface area contributed by atoms with E-state index in [9.17, 15) is 14.4 Å². The second-order valence-corrected chi connectivity index (χ2v) is 11.1. The van der Waals surface area contributed by atoms with Crippen molar-refractivity contribution in [2.75, 3.05) is 37.0 Å². The van der Waals surface area contributed by atoms with Crippen molar-refractivity contribution in [2.45, 2.75) is 40.4 Å². The van der Waals surface area contributed by atoms with Crippen molar-refractivity contribution in [1.82, 2.24) is 14.5 Å². The lowest BCUT2D eigenvalue weighted by molar-refractivity contribution is -0.137. The van der Waals surface area contributed by atoms with Crippen molar-refractivity contribution in [3.8, 4) is 5.88 Å². The van der Waals surface area contributed by atoms with Gasteiger partial charge in [0.05, 0.1) is 18.5 Å². The molecule has 1 aliphatic rings. The molecule has 2 aromatic carbocycles. The Morgan fingerprint density at radius 2 is 1.71 bits per heavy atom. The molecular formula is C33H37N5O4. The van der Waals surface area contributed by atoms with Crippen LogP contribution in [0.25, 0.3) is 10.8 Å². The normalized spacial score (nSPS) is 14.8. The zero-order chi connectivity index (χ0) is 30.0. The van der Waals surface area contributed by atoms with E-state index in [2.05, 4.69) is 9.88 Å². The summed E-state index contributed by atoms with van der Waals surface area (Å²) in [6.45, 7) is 7.89. The average molecular weight is 568 g/mol. The van der Waals surface area contributed by atoms with Gasteiger partial charge in [-0.05, 0) is 62.1 Å². The Kier molecular flexibility index (Phi) is 8.13. The van der Waals surface area contributed by atoms with Gasteiger partial charge >= 0.3 is 0 Å². The lowest BCUT2D eigenvalue weighted by Crippen LogP contribution is -2.47. The fourth-order valence-electron chi connectivity index (χ4n) is 5.64. The molecule has 218 valence electrons. The lowest BCUT2D eigenvalue weighted by Gasteiger charge is -2.27. The van der Waals surface area contributed by atoms with Crippen LogP contribution in [0.4, 0.5) is 11.4 Å². The zero-order valence-electron chi connectivity index (χ0n) is 24.8. The molecular weight excluding hydrogens is 530 g/mol. The number of rotatable bonds is 9. The van der Waals surface area contributed by atoms with E-state index >= 15 is 0 Å². The van der Waals surface area contributed by atoms with Crippen LogP contribution in [0, 0.1) is 5.41 Å². The summed E-state index contributed by atoms with van der Waals surface area (Å²) in [6, 6.07) is 19.3. The third-order valence-corrected chi connectivity index (χ3v) is 8.01. The van der Waals surface area contributed by atoms with E-state index in [1.54, 1.807) is 48.6 Å².